The number of benzene rings is 2. The molecule has 0 aliphatic carbocycles. The summed E-state index contributed by atoms with van der Waals surface area (Å²) in [6.45, 7) is 0.0832. The molecule has 1 heterocycles. The molecule has 3 rings (SSSR count). The molecule has 0 unspecified atom stereocenters. The molecule has 0 bridgehead atoms. The molecule has 2 aromatic carbocycles. The molecule has 0 fully saturated rings. The molecule has 0 spiro atoms. The number of rotatable bonds is 6. The van der Waals surface area contributed by atoms with Gasteiger partial charge >= 0.3 is 6.18 Å². The zero-order valence-corrected chi connectivity index (χ0v) is 18.3. The number of fused-ring (bicyclic) bond motifs is 1. The Bertz CT molecular complexity index is 1420. The maximum atomic E-state index is 12.7. The van der Waals surface area contributed by atoms with E-state index in [2.05, 4.69) is 16.0 Å². The monoisotopic (exact) mass is 497 g/mol. The van der Waals surface area contributed by atoms with Crippen LogP contribution in [-0.2, 0) is 16.6 Å². The highest BCUT2D eigenvalue weighted by Gasteiger charge is 2.30. The van der Waals surface area contributed by atoms with Crippen LogP contribution in [0.2, 0.25) is 0 Å². The molecule has 14 heteroatoms. The number of amides is 2. The summed E-state index contributed by atoms with van der Waals surface area (Å²) < 4.78 is 63.6. The Morgan fingerprint density at radius 2 is 1.65 bits per heavy atom. The first-order valence-electron chi connectivity index (χ1n) is 9.70. The number of nitrogens with one attached hydrogen (secondary N) is 3. The van der Waals surface area contributed by atoms with Crippen molar-refractivity contribution in [3.05, 3.63) is 70.1 Å². The fourth-order valence-corrected chi connectivity index (χ4v) is 3.99. The fourth-order valence-electron chi connectivity index (χ4n) is 2.93. The number of hydrogen-bond donors (Lipinski definition) is 3. The Balaban J connectivity index is 1.78. The van der Waals surface area contributed by atoms with Crippen LogP contribution in [0.4, 0.5) is 13.2 Å². The van der Waals surface area contributed by atoms with Gasteiger partial charge in [0.25, 0.3) is 17.4 Å². The second-order valence-electron chi connectivity index (χ2n) is 6.89. The maximum absolute atomic E-state index is 12.7. The summed E-state index contributed by atoms with van der Waals surface area (Å²) in [5.74, 6) is -1.78. The summed E-state index contributed by atoms with van der Waals surface area (Å²) in [6, 6.07) is 10.5. The van der Waals surface area contributed by atoms with E-state index in [1.165, 1.54) is 22.9 Å². The Labute approximate surface area is 190 Å². The van der Waals surface area contributed by atoms with Crippen molar-refractivity contribution in [2.75, 3.05) is 6.54 Å². The minimum absolute atomic E-state index is 0.134. The first-order valence-corrected chi connectivity index (χ1v) is 11.2. The summed E-state index contributed by atoms with van der Waals surface area (Å²) in [7, 11) is -4.54. The first kappa shape index (κ1) is 24.9. The predicted molar refractivity (Wildman–Crippen MR) is 114 cm³/mol. The van der Waals surface area contributed by atoms with E-state index in [-0.39, 0.29) is 28.6 Å². The van der Waals surface area contributed by atoms with Gasteiger partial charge in [-0.1, -0.05) is 24.3 Å². The minimum atomic E-state index is -4.76. The van der Waals surface area contributed by atoms with E-state index in [9.17, 15) is 36.0 Å². The normalized spacial score (nSPS) is 11.9. The van der Waals surface area contributed by atoms with Gasteiger partial charge in [-0.15, -0.1) is 0 Å². The highest BCUT2D eigenvalue weighted by Crippen LogP contribution is 2.16. The molecule has 0 atom stereocenters. The molecule has 0 saturated carbocycles. The summed E-state index contributed by atoms with van der Waals surface area (Å²) in [6.07, 6.45) is -4.76. The molecule has 1 aromatic heterocycles. The first-order chi connectivity index (χ1) is 15.9. The Morgan fingerprint density at radius 3 is 2.29 bits per heavy atom. The Morgan fingerprint density at radius 1 is 1.00 bits per heavy atom. The lowest BCUT2D eigenvalue weighted by molar-refractivity contribution is -0.121. The molecule has 180 valence electrons. The van der Waals surface area contributed by atoms with Gasteiger partial charge in [0.15, 0.2) is 5.69 Å². The third-order valence-electron chi connectivity index (χ3n) is 4.54. The van der Waals surface area contributed by atoms with E-state index in [0.717, 1.165) is 22.9 Å². The summed E-state index contributed by atoms with van der Waals surface area (Å²) in [4.78, 5) is 36.9. The summed E-state index contributed by atoms with van der Waals surface area (Å²) in [5.41, 5.74) is 3.45. The second kappa shape index (κ2) is 9.61. The van der Waals surface area contributed by atoms with E-state index >= 15 is 0 Å². The quantitative estimate of drug-likeness (QED) is 0.439. The smallest absolute Gasteiger partial charge is 0.267 e. The van der Waals surface area contributed by atoms with Gasteiger partial charge in [0.05, 0.1) is 10.3 Å². The predicted octanol–water partition coefficient (Wildman–Crippen LogP) is 1.33. The van der Waals surface area contributed by atoms with Crippen LogP contribution >= 0.6 is 0 Å². The second-order valence-corrected chi connectivity index (χ2v) is 8.66. The molecule has 34 heavy (non-hydrogen) atoms. The zero-order valence-electron chi connectivity index (χ0n) is 17.5. The molecule has 0 aliphatic rings. The van der Waals surface area contributed by atoms with Crippen LogP contribution in [-0.4, -0.2) is 42.7 Å². The van der Waals surface area contributed by atoms with Crippen LogP contribution in [0.5, 0.6) is 0 Å². The molecular formula is C20H18F3N5O5S. The number of carbonyl (C=O) groups excluding carboxylic acids is 2. The van der Waals surface area contributed by atoms with E-state index in [0.29, 0.717) is 0 Å². The molecule has 10 nitrogen and oxygen atoms in total. The number of sulfonamides is 1. The van der Waals surface area contributed by atoms with Crippen LogP contribution in [0.1, 0.15) is 27.8 Å². The van der Waals surface area contributed by atoms with Gasteiger partial charge in [-0.25, -0.2) is 17.8 Å². The van der Waals surface area contributed by atoms with Crippen molar-refractivity contribution in [3.8, 4) is 0 Å². The van der Waals surface area contributed by atoms with Gasteiger partial charge < -0.3 is 0 Å². The van der Waals surface area contributed by atoms with Gasteiger partial charge in [-0.05, 0) is 31.2 Å². The number of hydrazine groups is 1. The van der Waals surface area contributed by atoms with Crippen molar-refractivity contribution in [3.63, 3.8) is 0 Å². The number of hydrogen-bond acceptors (Lipinski definition) is 6. The lowest BCUT2D eigenvalue weighted by Crippen LogP contribution is -2.43. The third-order valence-corrected chi connectivity index (χ3v) is 5.94. The van der Waals surface area contributed by atoms with Crippen LogP contribution in [0.3, 0.4) is 0 Å². The van der Waals surface area contributed by atoms with Crippen molar-refractivity contribution >= 4 is 32.6 Å². The van der Waals surface area contributed by atoms with Crippen molar-refractivity contribution < 1.29 is 31.2 Å². The lowest BCUT2D eigenvalue weighted by Gasteiger charge is -2.12. The largest absolute Gasteiger partial charge is 0.402 e. The molecular weight excluding hydrogens is 479 g/mol. The van der Waals surface area contributed by atoms with Gasteiger partial charge in [0.2, 0.25) is 10.0 Å². The summed E-state index contributed by atoms with van der Waals surface area (Å²) >= 11 is 0. The average Bonchev–Trinajstić information content (AvgIpc) is 2.81. The van der Waals surface area contributed by atoms with E-state index in [1.807, 2.05) is 0 Å². The molecule has 0 aliphatic heterocycles. The summed E-state index contributed by atoms with van der Waals surface area (Å²) in [5, 5.41) is 4.52. The van der Waals surface area contributed by atoms with E-state index in [4.69, 9.17) is 0 Å². The SMILES string of the molecule is CCn1nc(C(=O)NNC(=O)c2cccc(S(=O)(=O)NCC(F)(F)F)c2)c2ccccc2c1=O. The standard InChI is InChI=1S/C20H18F3N5O5S/c1-2-28-19(31)15-9-4-3-8-14(15)16(27-28)18(30)26-25-17(29)12-6-5-7-13(10-12)34(32,33)24-11-20(21,22)23/h3-10,24H,2,11H2,1H3,(H,25,29)(H,26,30). The van der Waals surface area contributed by atoms with E-state index < -0.39 is 45.0 Å². The molecule has 0 saturated heterocycles. The van der Waals surface area contributed by atoms with Crippen LogP contribution in [0, 0.1) is 0 Å². The number of carbonyl (C=O) groups is 2. The zero-order chi connectivity index (χ0) is 25.1. The van der Waals surface area contributed by atoms with Gasteiger partial charge in [-0.3, -0.25) is 25.2 Å². The highest BCUT2D eigenvalue weighted by atomic mass is 32.2. The van der Waals surface area contributed by atoms with Crippen molar-refractivity contribution in [2.45, 2.75) is 24.5 Å². The number of aryl methyl sites for hydroxylation is 1. The van der Waals surface area contributed by atoms with Gasteiger partial charge in [-0.2, -0.15) is 18.3 Å². The molecule has 3 N–H and O–H groups in total. The average molecular weight is 497 g/mol. The number of aromatic nitrogens is 2. The Kier molecular flexibility index (Phi) is 7.02. The number of halogens is 3. The van der Waals surface area contributed by atoms with Gasteiger partial charge in [0.1, 0.15) is 6.54 Å². The van der Waals surface area contributed by atoms with Crippen molar-refractivity contribution in [2.24, 2.45) is 0 Å². The number of alkyl halides is 3. The fraction of sp³-hybridized carbons (Fsp3) is 0.200. The molecule has 3 aromatic rings. The van der Waals surface area contributed by atoms with Crippen LogP contribution < -0.4 is 21.1 Å². The molecule has 0 radical (unpaired) electrons. The molecule has 2 amide bonds. The van der Waals surface area contributed by atoms with Crippen LogP contribution in [0.15, 0.2) is 58.2 Å². The van der Waals surface area contributed by atoms with Crippen molar-refractivity contribution in [1.29, 1.82) is 0 Å². The third kappa shape index (κ3) is 5.58. The number of nitrogens with zero attached hydrogens (tertiary/aromatic N) is 2. The van der Waals surface area contributed by atoms with Crippen LogP contribution in [0.25, 0.3) is 10.8 Å². The maximum Gasteiger partial charge on any atom is 0.402 e. The lowest BCUT2D eigenvalue weighted by atomic mass is 10.1. The van der Waals surface area contributed by atoms with E-state index in [1.54, 1.807) is 19.1 Å². The highest BCUT2D eigenvalue weighted by molar-refractivity contribution is 7.89. The Hall–Kier alpha value is -3.78. The minimum Gasteiger partial charge on any atom is -0.267 e. The van der Waals surface area contributed by atoms with Gasteiger partial charge in [0, 0.05) is 17.5 Å². The topological polar surface area (TPSA) is 139 Å². The van der Waals surface area contributed by atoms with Crippen molar-refractivity contribution in [1.82, 2.24) is 25.4 Å².